The van der Waals surface area contributed by atoms with Crippen LogP contribution in [-0.2, 0) is 12.8 Å². The van der Waals surface area contributed by atoms with E-state index in [0.717, 1.165) is 52.9 Å². The molecule has 0 fully saturated rings. The number of nitro benzene ring substituents is 1. The molecule has 2 atom stereocenters. The summed E-state index contributed by atoms with van der Waals surface area (Å²) in [5.41, 5.74) is 26.9. The lowest BCUT2D eigenvalue weighted by Crippen LogP contribution is -2.27. The van der Waals surface area contributed by atoms with Gasteiger partial charge in [0.15, 0.2) is 0 Å². The number of anilines is 3. The molecular weight excluding hydrogens is 316 g/mol. The van der Waals surface area contributed by atoms with Gasteiger partial charge in [0.1, 0.15) is 0 Å². The minimum Gasteiger partial charge on any atom is -0.398 e. The second kappa shape index (κ2) is 5.12. The monoisotopic (exact) mass is 338 g/mol. The van der Waals surface area contributed by atoms with E-state index in [9.17, 15) is 10.1 Å². The van der Waals surface area contributed by atoms with Crippen LogP contribution in [-0.4, -0.2) is 4.92 Å². The van der Waals surface area contributed by atoms with E-state index < -0.39 is 0 Å². The molecule has 0 amide bonds. The Kier molecular flexibility index (Phi) is 3.22. The van der Waals surface area contributed by atoms with Crippen molar-refractivity contribution in [2.75, 3.05) is 17.2 Å². The Morgan fingerprint density at radius 3 is 2.04 bits per heavy atom. The number of fused-ring (bicyclic) bond motifs is 6. The van der Waals surface area contributed by atoms with Crippen LogP contribution in [0, 0.1) is 24.0 Å². The van der Waals surface area contributed by atoms with Crippen LogP contribution in [0.2, 0.25) is 0 Å². The first-order chi connectivity index (χ1) is 11.8. The van der Waals surface area contributed by atoms with Crippen molar-refractivity contribution in [3.8, 4) is 0 Å². The van der Waals surface area contributed by atoms with Crippen LogP contribution in [0.4, 0.5) is 22.7 Å². The summed E-state index contributed by atoms with van der Waals surface area (Å²) in [5, 5.41) is 11.4. The maximum absolute atomic E-state index is 11.4. The summed E-state index contributed by atoms with van der Waals surface area (Å²) in [7, 11) is 0. The van der Waals surface area contributed by atoms with Crippen LogP contribution in [0.15, 0.2) is 12.1 Å². The fourth-order valence-electron chi connectivity index (χ4n) is 4.61. The molecule has 2 aliphatic carbocycles. The maximum Gasteiger partial charge on any atom is 0.274 e. The Hall–Kier alpha value is -2.76. The van der Waals surface area contributed by atoms with Gasteiger partial charge in [0, 0.05) is 28.7 Å². The highest BCUT2D eigenvalue weighted by molar-refractivity contribution is 5.72. The molecule has 6 N–H and O–H groups in total. The molecule has 0 saturated heterocycles. The number of nitrogens with zero attached hydrogens (tertiary/aromatic N) is 1. The standard InChI is InChI=1S/C19H22N4O2/c1-8-16(20)6-12-10-3-11(5-14(12)18(8)21)13-7-17(23(24)25)9(2)19(22)15(13)4-10/h6-7,10-11H,3-5,20-22H2,1-2H3. The van der Waals surface area contributed by atoms with Gasteiger partial charge in [0.2, 0.25) is 0 Å². The number of rotatable bonds is 1. The fourth-order valence-corrected chi connectivity index (χ4v) is 4.61. The zero-order valence-corrected chi connectivity index (χ0v) is 14.4. The van der Waals surface area contributed by atoms with Crippen LogP contribution in [0.5, 0.6) is 0 Å². The summed E-state index contributed by atoms with van der Waals surface area (Å²) in [4.78, 5) is 11.0. The third-order valence-electron chi connectivity index (χ3n) is 6.12. The molecule has 2 aliphatic rings. The van der Waals surface area contributed by atoms with E-state index in [4.69, 9.17) is 17.2 Å². The van der Waals surface area contributed by atoms with E-state index in [1.807, 2.05) is 6.92 Å². The molecule has 2 bridgehead atoms. The van der Waals surface area contributed by atoms with Crippen molar-refractivity contribution < 1.29 is 4.92 Å². The number of benzene rings is 2. The molecule has 6 heteroatoms. The van der Waals surface area contributed by atoms with Gasteiger partial charge in [-0.2, -0.15) is 0 Å². The van der Waals surface area contributed by atoms with Crippen molar-refractivity contribution in [3.05, 3.63) is 55.6 Å². The Balaban J connectivity index is 1.90. The SMILES string of the molecule is Cc1c(N)cc2c(c1N)CC1CC2Cc2c1cc([N+](=O)[O-])c(C)c2N. The lowest BCUT2D eigenvalue weighted by molar-refractivity contribution is -0.385. The molecule has 4 rings (SSSR count). The van der Waals surface area contributed by atoms with Crippen LogP contribution < -0.4 is 17.2 Å². The third kappa shape index (κ3) is 2.10. The highest BCUT2D eigenvalue weighted by Gasteiger charge is 2.38. The van der Waals surface area contributed by atoms with Crippen molar-refractivity contribution in [2.24, 2.45) is 0 Å². The van der Waals surface area contributed by atoms with Crippen LogP contribution in [0.1, 0.15) is 51.6 Å². The largest absolute Gasteiger partial charge is 0.398 e. The average Bonchev–Trinajstić information content (AvgIpc) is 2.57. The smallest absolute Gasteiger partial charge is 0.274 e. The van der Waals surface area contributed by atoms with E-state index >= 15 is 0 Å². The molecule has 2 unspecified atom stereocenters. The zero-order valence-electron chi connectivity index (χ0n) is 14.4. The van der Waals surface area contributed by atoms with Gasteiger partial charge in [-0.1, -0.05) is 0 Å². The number of hydrogen-bond acceptors (Lipinski definition) is 5. The topological polar surface area (TPSA) is 121 Å². The first-order valence-corrected chi connectivity index (χ1v) is 8.53. The molecule has 0 heterocycles. The Morgan fingerprint density at radius 1 is 0.960 bits per heavy atom. The number of nitrogens with two attached hydrogens (primary N) is 3. The van der Waals surface area contributed by atoms with Crippen molar-refractivity contribution in [1.82, 2.24) is 0 Å². The van der Waals surface area contributed by atoms with E-state index in [1.54, 1.807) is 13.0 Å². The van der Waals surface area contributed by atoms with Gasteiger partial charge in [-0.3, -0.25) is 10.1 Å². The van der Waals surface area contributed by atoms with Gasteiger partial charge >= 0.3 is 0 Å². The molecule has 0 radical (unpaired) electrons. The molecule has 2 aromatic rings. The van der Waals surface area contributed by atoms with Gasteiger partial charge in [-0.05, 0) is 78.8 Å². The number of nitrogen functional groups attached to an aromatic ring is 3. The quantitative estimate of drug-likeness (QED) is 0.418. The predicted octanol–water partition coefficient (Wildman–Crippen LogP) is 3.33. The van der Waals surface area contributed by atoms with Crippen LogP contribution in [0.25, 0.3) is 0 Å². The van der Waals surface area contributed by atoms with Gasteiger partial charge < -0.3 is 17.2 Å². The van der Waals surface area contributed by atoms with Crippen molar-refractivity contribution in [3.63, 3.8) is 0 Å². The predicted molar refractivity (Wildman–Crippen MR) is 99.8 cm³/mol. The summed E-state index contributed by atoms with van der Waals surface area (Å²) < 4.78 is 0. The van der Waals surface area contributed by atoms with Gasteiger partial charge in [-0.25, -0.2) is 0 Å². The highest BCUT2D eigenvalue weighted by Crippen LogP contribution is 2.52. The van der Waals surface area contributed by atoms with Gasteiger partial charge in [-0.15, -0.1) is 0 Å². The minimum atomic E-state index is -0.339. The second-order valence-electron chi connectivity index (χ2n) is 7.37. The molecule has 25 heavy (non-hydrogen) atoms. The fraction of sp³-hybridized carbons (Fsp3) is 0.368. The number of hydrogen-bond donors (Lipinski definition) is 3. The third-order valence-corrected chi connectivity index (χ3v) is 6.12. The zero-order chi connectivity index (χ0) is 18.0. The van der Waals surface area contributed by atoms with Gasteiger partial charge in [0.05, 0.1) is 4.92 Å². The Morgan fingerprint density at radius 2 is 1.48 bits per heavy atom. The summed E-state index contributed by atoms with van der Waals surface area (Å²) in [5.74, 6) is 0.530. The first-order valence-electron chi connectivity index (χ1n) is 8.53. The molecule has 6 nitrogen and oxygen atoms in total. The Labute approximate surface area is 146 Å². The molecule has 0 spiro atoms. The summed E-state index contributed by atoms with van der Waals surface area (Å²) in [6.45, 7) is 3.67. The minimum absolute atomic E-state index is 0.113. The van der Waals surface area contributed by atoms with E-state index in [0.29, 0.717) is 17.2 Å². The lowest BCUT2D eigenvalue weighted by Gasteiger charge is -2.39. The normalized spacial score (nSPS) is 20.7. The summed E-state index contributed by atoms with van der Waals surface area (Å²) in [6.07, 6.45) is 2.53. The summed E-state index contributed by atoms with van der Waals surface area (Å²) in [6, 6.07) is 3.79. The van der Waals surface area contributed by atoms with Crippen molar-refractivity contribution in [1.29, 1.82) is 0 Å². The molecule has 2 aromatic carbocycles. The van der Waals surface area contributed by atoms with Gasteiger partial charge in [0.25, 0.3) is 5.69 Å². The van der Waals surface area contributed by atoms with E-state index in [2.05, 4.69) is 6.07 Å². The number of nitro groups is 1. The average molecular weight is 338 g/mol. The molecule has 130 valence electrons. The van der Waals surface area contributed by atoms with E-state index in [-0.39, 0.29) is 16.5 Å². The second-order valence-corrected chi connectivity index (χ2v) is 7.37. The molecule has 0 aliphatic heterocycles. The van der Waals surface area contributed by atoms with Crippen molar-refractivity contribution >= 4 is 22.7 Å². The summed E-state index contributed by atoms with van der Waals surface area (Å²) >= 11 is 0. The first kappa shape index (κ1) is 15.7. The lowest BCUT2D eigenvalue weighted by atomic mass is 9.65. The van der Waals surface area contributed by atoms with E-state index in [1.165, 1.54) is 5.56 Å². The highest BCUT2D eigenvalue weighted by atomic mass is 16.6. The molecule has 0 saturated carbocycles. The Bertz CT molecular complexity index is 936. The van der Waals surface area contributed by atoms with Crippen LogP contribution >= 0.6 is 0 Å². The maximum atomic E-state index is 11.4. The van der Waals surface area contributed by atoms with Crippen molar-refractivity contribution in [2.45, 2.75) is 44.9 Å². The molecular formula is C19H22N4O2. The molecule has 0 aromatic heterocycles. The van der Waals surface area contributed by atoms with Crippen LogP contribution in [0.3, 0.4) is 0 Å².